The van der Waals surface area contributed by atoms with Crippen LogP contribution in [0.5, 0.6) is 0 Å². The second-order valence-corrected chi connectivity index (χ2v) is 8.19. The number of pyridine rings is 1. The van der Waals surface area contributed by atoms with Crippen molar-refractivity contribution in [3.63, 3.8) is 0 Å². The molecule has 0 N–H and O–H groups in total. The van der Waals surface area contributed by atoms with Crippen LogP contribution >= 0.6 is 0 Å². The molecular weight excluding hydrogens is 310 g/mol. The van der Waals surface area contributed by atoms with Crippen LogP contribution in [-0.4, -0.2) is 65.5 Å². The molecule has 0 aromatic carbocycles. The van der Waals surface area contributed by atoms with Crippen LogP contribution in [0, 0.1) is 5.92 Å². The molecule has 5 rings (SSSR count). The maximum absolute atomic E-state index is 5.05. The lowest BCUT2D eigenvalue weighted by molar-refractivity contribution is 0.0836. The van der Waals surface area contributed by atoms with Crippen molar-refractivity contribution in [1.82, 2.24) is 19.2 Å². The molecule has 0 bridgehead atoms. The highest BCUT2D eigenvalue weighted by atomic mass is 15.3. The number of rotatable bonds is 4. The van der Waals surface area contributed by atoms with Gasteiger partial charge < -0.3 is 9.80 Å². The van der Waals surface area contributed by atoms with E-state index in [0.717, 1.165) is 18.1 Å². The van der Waals surface area contributed by atoms with Crippen LogP contribution in [0.25, 0.3) is 5.65 Å². The smallest absolute Gasteiger partial charge is 0.138 e. The number of fused-ring (bicyclic) bond motifs is 1. The SMILES string of the molecule is CN1CCN(CC2CC2)C(c2cn3c(N4CCCC4)cccc3n2)C1. The zero-order chi connectivity index (χ0) is 16.8. The molecule has 2 saturated heterocycles. The van der Waals surface area contributed by atoms with Crippen molar-refractivity contribution in [2.45, 2.75) is 31.7 Å². The molecule has 5 heteroatoms. The largest absolute Gasteiger partial charge is 0.358 e. The molecule has 0 radical (unpaired) electrons. The standard InChI is InChI=1S/C20H29N5/c1-22-11-12-24(13-16-7-8-16)18(15-22)17-14-25-19(21-17)5-4-6-20(25)23-9-2-3-10-23/h4-6,14,16,18H,2-3,7-13,15H2,1H3. The molecule has 5 nitrogen and oxygen atoms in total. The fraction of sp³-hybridized carbons (Fsp3) is 0.650. The van der Waals surface area contributed by atoms with Gasteiger partial charge in [0.2, 0.25) is 0 Å². The summed E-state index contributed by atoms with van der Waals surface area (Å²) in [6.07, 6.45) is 7.76. The van der Waals surface area contributed by atoms with E-state index >= 15 is 0 Å². The van der Waals surface area contributed by atoms with Gasteiger partial charge in [0.1, 0.15) is 11.5 Å². The summed E-state index contributed by atoms with van der Waals surface area (Å²) in [4.78, 5) is 12.7. The first-order chi connectivity index (χ1) is 12.3. The van der Waals surface area contributed by atoms with E-state index in [1.807, 2.05) is 0 Å². The van der Waals surface area contributed by atoms with E-state index in [2.05, 4.69) is 50.5 Å². The fourth-order valence-corrected chi connectivity index (χ4v) is 4.47. The first-order valence-electron chi connectivity index (χ1n) is 9.93. The van der Waals surface area contributed by atoms with E-state index in [0.29, 0.717) is 6.04 Å². The molecule has 2 aromatic heterocycles. The van der Waals surface area contributed by atoms with Crippen molar-refractivity contribution < 1.29 is 0 Å². The molecule has 0 spiro atoms. The zero-order valence-corrected chi connectivity index (χ0v) is 15.3. The Balaban J connectivity index is 1.49. The third-order valence-corrected chi connectivity index (χ3v) is 6.14. The summed E-state index contributed by atoms with van der Waals surface area (Å²) in [5, 5.41) is 0. The Morgan fingerprint density at radius 2 is 1.92 bits per heavy atom. The number of hydrogen-bond acceptors (Lipinski definition) is 4. The van der Waals surface area contributed by atoms with Gasteiger partial charge in [-0.15, -0.1) is 0 Å². The number of aromatic nitrogens is 2. The van der Waals surface area contributed by atoms with E-state index in [9.17, 15) is 0 Å². The summed E-state index contributed by atoms with van der Waals surface area (Å²) in [5.74, 6) is 2.25. The van der Waals surface area contributed by atoms with Crippen LogP contribution in [0.3, 0.4) is 0 Å². The molecule has 4 heterocycles. The quantitative estimate of drug-likeness (QED) is 0.856. The van der Waals surface area contributed by atoms with Crippen LogP contribution in [0.15, 0.2) is 24.4 Å². The van der Waals surface area contributed by atoms with Crippen molar-refractivity contribution in [3.8, 4) is 0 Å². The molecule has 1 aliphatic carbocycles. The molecule has 3 aliphatic rings. The Labute approximate surface area is 150 Å². The Kier molecular flexibility index (Phi) is 3.94. The average molecular weight is 339 g/mol. The number of piperazine rings is 1. The number of nitrogens with zero attached hydrogens (tertiary/aromatic N) is 5. The molecule has 25 heavy (non-hydrogen) atoms. The van der Waals surface area contributed by atoms with E-state index < -0.39 is 0 Å². The second kappa shape index (κ2) is 6.29. The molecular formula is C20H29N5. The molecule has 2 aliphatic heterocycles. The van der Waals surface area contributed by atoms with Crippen LogP contribution < -0.4 is 4.90 Å². The maximum atomic E-state index is 5.05. The first-order valence-corrected chi connectivity index (χ1v) is 9.93. The van der Waals surface area contributed by atoms with Crippen LogP contribution in [0.4, 0.5) is 5.82 Å². The number of imidazole rings is 1. The van der Waals surface area contributed by atoms with E-state index in [4.69, 9.17) is 4.98 Å². The minimum atomic E-state index is 0.436. The Morgan fingerprint density at radius 1 is 1.08 bits per heavy atom. The van der Waals surface area contributed by atoms with Crippen molar-refractivity contribution in [3.05, 3.63) is 30.1 Å². The third-order valence-electron chi connectivity index (χ3n) is 6.14. The van der Waals surface area contributed by atoms with Crippen molar-refractivity contribution in [1.29, 1.82) is 0 Å². The minimum absolute atomic E-state index is 0.436. The molecule has 0 amide bonds. The van der Waals surface area contributed by atoms with E-state index in [1.165, 1.54) is 69.9 Å². The Hall–Kier alpha value is -1.59. The topological polar surface area (TPSA) is 27.0 Å². The van der Waals surface area contributed by atoms with Gasteiger partial charge in [-0.3, -0.25) is 9.30 Å². The summed E-state index contributed by atoms with van der Waals surface area (Å²) >= 11 is 0. The van der Waals surface area contributed by atoms with E-state index in [-0.39, 0.29) is 0 Å². The monoisotopic (exact) mass is 339 g/mol. The average Bonchev–Trinajstić information content (AvgIpc) is 3.12. The highest BCUT2D eigenvalue weighted by Gasteiger charge is 2.33. The van der Waals surface area contributed by atoms with Crippen LogP contribution in [-0.2, 0) is 0 Å². The number of likely N-dealkylation sites (N-methyl/N-ethyl adjacent to an activating group) is 1. The predicted molar refractivity (Wildman–Crippen MR) is 101 cm³/mol. The van der Waals surface area contributed by atoms with E-state index in [1.54, 1.807) is 0 Å². The molecule has 1 atom stereocenters. The summed E-state index contributed by atoms with van der Waals surface area (Å²) in [7, 11) is 2.24. The zero-order valence-electron chi connectivity index (χ0n) is 15.3. The minimum Gasteiger partial charge on any atom is -0.358 e. The molecule has 1 unspecified atom stereocenters. The van der Waals surface area contributed by atoms with Gasteiger partial charge in [0.25, 0.3) is 0 Å². The van der Waals surface area contributed by atoms with Crippen molar-refractivity contribution in [2.24, 2.45) is 5.92 Å². The first kappa shape index (κ1) is 15.6. The molecule has 3 fully saturated rings. The van der Waals surface area contributed by atoms with Gasteiger partial charge in [-0.2, -0.15) is 0 Å². The maximum Gasteiger partial charge on any atom is 0.138 e. The highest BCUT2D eigenvalue weighted by Crippen LogP contribution is 2.34. The Bertz CT molecular complexity index is 744. The Morgan fingerprint density at radius 3 is 2.72 bits per heavy atom. The van der Waals surface area contributed by atoms with Crippen LogP contribution in [0.1, 0.15) is 37.4 Å². The summed E-state index contributed by atoms with van der Waals surface area (Å²) in [6, 6.07) is 7.00. The summed E-state index contributed by atoms with van der Waals surface area (Å²) in [6.45, 7) is 7.04. The lowest BCUT2D eigenvalue weighted by Crippen LogP contribution is -2.47. The lowest BCUT2D eigenvalue weighted by atomic mass is 10.1. The normalized spacial score (nSPS) is 26.0. The fourth-order valence-electron chi connectivity index (χ4n) is 4.47. The lowest BCUT2D eigenvalue weighted by Gasteiger charge is -2.39. The van der Waals surface area contributed by atoms with Gasteiger partial charge in [-0.1, -0.05) is 6.07 Å². The van der Waals surface area contributed by atoms with Crippen molar-refractivity contribution in [2.75, 3.05) is 51.2 Å². The highest BCUT2D eigenvalue weighted by molar-refractivity contribution is 5.53. The number of hydrogen-bond donors (Lipinski definition) is 0. The third kappa shape index (κ3) is 3.04. The van der Waals surface area contributed by atoms with Crippen LogP contribution in [0.2, 0.25) is 0 Å². The molecule has 2 aromatic rings. The van der Waals surface area contributed by atoms with Gasteiger partial charge in [-0.05, 0) is 50.8 Å². The summed E-state index contributed by atoms with van der Waals surface area (Å²) in [5.41, 5.74) is 2.35. The second-order valence-electron chi connectivity index (χ2n) is 8.19. The van der Waals surface area contributed by atoms with Crippen molar-refractivity contribution >= 4 is 11.5 Å². The van der Waals surface area contributed by atoms with Gasteiger partial charge in [0.05, 0.1) is 11.7 Å². The summed E-state index contributed by atoms with van der Waals surface area (Å²) < 4.78 is 2.32. The van der Waals surface area contributed by atoms with Gasteiger partial charge in [-0.25, -0.2) is 4.98 Å². The molecule has 1 saturated carbocycles. The van der Waals surface area contributed by atoms with Gasteiger partial charge in [0.15, 0.2) is 0 Å². The van der Waals surface area contributed by atoms with Gasteiger partial charge >= 0.3 is 0 Å². The van der Waals surface area contributed by atoms with Gasteiger partial charge in [0, 0.05) is 45.5 Å². The predicted octanol–water partition coefficient (Wildman–Crippen LogP) is 2.63. The number of anilines is 1. The molecule has 134 valence electrons.